The maximum Gasteiger partial charge on any atom is 0.326 e. The molecule has 2 aliphatic heterocycles. The Balaban J connectivity index is 1.38. The van der Waals surface area contributed by atoms with Crippen LogP contribution >= 0.6 is 0 Å². The minimum atomic E-state index is -0.737. The molecule has 2 unspecified atom stereocenters. The number of Topliss-reactive ketones (excluding diaryl/α,β-unsaturated/α-hetero) is 1. The maximum atomic E-state index is 14.4. The van der Waals surface area contributed by atoms with Gasteiger partial charge in [-0.2, -0.15) is 0 Å². The average molecular weight is 416 g/mol. The highest BCUT2D eigenvalue weighted by atomic mass is 19.1. The molecule has 0 radical (unpaired) electrons. The van der Waals surface area contributed by atoms with E-state index in [1.807, 2.05) is 11.8 Å². The summed E-state index contributed by atoms with van der Waals surface area (Å²) in [6, 6.07) is 4.27. The molecular weight excluding hydrogens is 387 g/mol. The number of carbonyl (C=O) groups is 3. The van der Waals surface area contributed by atoms with Crippen LogP contribution in [0.3, 0.4) is 0 Å². The molecule has 2 atom stereocenters. The quantitative estimate of drug-likeness (QED) is 0.603. The molecule has 1 saturated carbocycles. The minimum Gasteiger partial charge on any atom is -0.367 e. The lowest BCUT2D eigenvalue weighted by Crippen LogP contribution is -2.55. The summed E-state index contributed by atoms with van der Waals surface area (Å²) in [5.41, 5.74) is 0.0996. The molecule has 3 aliphatic rings. The fraction of sp³-hybridized carbons (Fsp3) is 0.591. The van der Waals surface area contributed by atoms with Gasteiger partial charge in [0.1, 0.15) is 11.4 Å². The van der Waals surface area contributed by atoms with Crippen molar-refractivity contribution in [3.8, 4) is 0 Å². The van der Waals surface area contributed by atoms with Crippen molar-refractivity contribution in [1.82, 2.24) is 15.1 Å². The van der Waals surface area contributed by atoms with Gasteiger partial charge in [0.05, 0.1) is 12.4 Å². The van der Waals surface area contributed by atoms with E-state index in [0.717, 1.165) is 19.3 Å². The lowest BCUT2D eigenvalue weighted by atomic mass is 9.73. The van der Waals surface area contributed by atoms with Gasteiger partial charge in [0.25, 0.3) is 5.91 Å². The smallest absolute Gasteiger partial charge is 0.326 e. The van der Waals surface area contributed by atoms with Crippen molar-refractivity contribution < 1.29 is 18.8 Å². The van der Waals surface area contributed by atoms with Gasteiger partial charge in [0, 0.05) is 31.7 Å². The monoisotopic (exact) mass is 416 g/mol. The number of rotatable bonds is 4. The molecule has 1 aromatic rings. The number of imide groups is 1. The molecule has 1 spiro atoms. The summed E-state index contributed by atoms with van der Waals surface area (Å²) in [5, 5.41) is 2.99. The Labute approximate surface area is 176 Å². The molecule has 4 rings (SSSR count). The summed E-state index contributed by atoms with van der Waals surface area (Å²) in [6.45, 7) is 6.13. The van der Waals surface area contributed by atoms with Crippen molar-refractivity contribution in [1.29, 1.82) is 0 Å². The molecule has 30 heavy (non-hydrogen) atoms. The van der Waals surface area contributed by atoms with Crippen LogP contribution < -0.4 is 10.2 Å². The van der Waals surface area contributed by atoms with Gasteiger partial charge in [-0.3, -0.25) is 14.5 Å². The van der Waals surface area contributed by atoms with Gasteiger partial charge in [-0.05, 0) is 43.9 Å². The molecule has 8 heteroatoms. The molecule has 0 bridgehead atoms. The third-order valence-corrected chi connectivity index (χ3v) is 6.91. The van der Waals surface area contributed by atoms with Crippen LogP contribution in [0.25, 0.3) is 0 Å². The number of carbonyl (C=O) groups excluding carboxylic acids is 3. The van der Waals surface area contributed by atoms with Crippen molar-refractivity contribution in [3.63, 3.8) is 0 Å². The molecule has 1 aliphatic carbocycles. The topological polar surface area (TPSA) is 73.0 Å². The highest BCUT2D eigenvalue weighted by Gasteiger charge is 2.55. The van der Waals surface area contributed by atoms with Gasteiger partial charge in [-0.1, -0.05) is 19.8 Å². The molecule has 3 amide bonds. The second kappa shape index (κ2) is 7.98. The van der Waals surface area contributed by atoms with Crippen molar-refractivity contribution in [2.45, 2.75) is 45.1 Å². The number of halogens is 1. The van der Waals surface area contributed by atoms with Gasteiger partial charge in [0.15, 0.2) is 5.78 Å². The number of anilines is 1. The zero-order chi connectivity index (χ0) is 21.5. The number of hydrogen-bond donors (Lipinski definition) is 1. The van der Waals surface area contributed by atoms with Crippen molar-refractivity contribution in [3.05, 3.63) is 29.6 Å². The third kappa shape index (κ3) is 3.57. The summed E-state index contributed by atoms with van der Waals surface area (Å²) in [6.07, 6.45) is 3.71. The average Bonchev–Trinajstić information content (AvgIpc) is 2.96. The molecule has 3 fully saturated rings. The second-order valence-corrected chi connectivity index (χ2v) is 8.75. The van der Waals surface area contributed by atoms with Crippen LogP contribution in [0.5, 0.6) is 0 Å². The summed E-state index contributed by atoms with van der Waals surface area (Å²) < 4.78 is 14.4. The summed E-state index contributed by atoms with van der Waals surface area (Å²) in [5.74, 6) is -0.527. The SMILES string of the molecule is CC(=O)c1ccc(N2CCN(CN3C(=O)NC4(CCCCC4C)C3=O)CC2)c(F)c1. The summed E-state index contributed by atoms with van der Waals surface area (Å²) in [4.78, 5) is 42.5. The van der Waals surface area contributed by atoms with Crippen LogP contribution in [0.2, 0.25) is 0 Å². The fourth-order valence-electron chi connectivity index (χ4n) is 4.94. The lowest BCUT2D eigenvalue weighted by Gasteiger charge is -2.38. The van der Waals surface area contributed by atoms with Crippen molar-refractivity contribution >= 4 is 23.4 Å². The Hall–Kier alpha value is -2.48. The number of ketones is 1. The number of nitrogens with zero attached hydrogens (tertiary/aromatic N) is 3. The first-order chi connectivity index (χ1) is 14.3. The number of hydrogen-bond acceptors (Lipinski definition) is 5. The number of amides is 3. The Morgan fingerprint density at radius 3 is 2.57 bits per heavy atom. The maximum absolute atomic E-state index is 14.4. The minimum absolute atomic E-state index is 0.104. The molecule has 162 valence electrons. The number of urea groups is 1. The van der Waals surface area contributed by atoms with Gasteiger partial charge in [-0.15, -0.1) is 0 Å². The van der Waals surface area contributed by atoms with Crippen LogP contribution in [-0.4, -0.2) is 65.9 Å². The van der Waals surface area contributed by atoms with Gasteiger partial charge < -0.3 is 10.2 Å². The van der Waals surface area contributed by atoms with Crippen LogP contribution in [0.1, 0.15) is 49.9 Å². The number of benzene rings is 1. The Bertz CT molecular complexity index is 868. The second-order valence-electron chi connectivity index (χ2n) is 8.75. The first kappa shape index (κ1) is 20.8. The lowest BCUT2D eigenvalue weighted by molar-refractivity contribution is -0.135. The van der Waals surface area contributed by atoms with Crippen LogP contribution in [-0.2, 0) is 4.79 Å². The van der Waals surface area contributed by atoms with E-state index in [2.05, 4.69) is 10.2 Å². The summed E-state index contributed by atoms with van der Waals surface area (Å²) >= 11 is 0. The molecular formula is C22H29FN4O3. The fourth-order valence-corrected chi connectivity index (χ4v) is 4.94. The first-order valence-electron chi connectivity index (χ1n) is 10.7. The van der Waals surface area contributed by atoms with Crippen LogP contribution in [0, 0.1) is 11.7 Å². The molecule has 1 aromatic carbocycles. The Kier molecular flexibility index (Phi) is 5.53. The van der Waals surface area contributed by atoms with E-state index >= 15 is 0 Å². The van der Waals surface area contributed by atoms with E-state index < -0.39 is 11.4 Å². The van der Waals surface area contributed by atoms with Crippen LogP contribution in [0.4, 0.5) is 14.9 Å². The van der Waals surface area contributed by atoms with E-state index in [0.29, 0.717) is 43.9 Å². The molecule has 7 nitrogen and oxygen atoms in total. The Morgan fingerprint density at radius 1 is 1.20 bits per heavy atom. The highest BCUT2D eigenvalue weighted by Crippen LogP contribution is 2.38. The van der Waals surface area contributed by atoms with Gasteiger partial charge >= 0.3 is 6.03 Å². The highest BCUT2D eigenvalue weighted by molar-refractivity contribution is 6.07. The largest absolute Gasteiger partial charge is 0.367 e. The Morgan fingerprint density at radius 2 is 1.93 bits per heavy atom. The number of nitrogens with one attached hydrogen (secondary N) is 1. The van der Waals surface area contributed by atoms with Gasteiger partial charge in [-0.25, -0.2) is 14.1 Å². The third-order valence-electron chi connectivity index (χ3n) is 6.91. The molecule has 2 heterocycles. The summed E-state index contributed by atoms with van der Waals surface area (Å²) in [7, 11) is 0. The molecule has 1 N–H and O–H groups in total. The zero-order valence-corrected chi connectivity index (χ0v) is 17.6. The van der Waals surface area contributed by atoms with E-state index in [4.69, 9.17) is 0 Å². The predicted molar refractivity (Wildman–Crippen MR) is 111 cm³/mol. The van der Waals surface area contributed by atoms with E-state index in [9.17, 15) is 18.8 Å². The normalized spacial score (nSPS) is 27.6. The van der Waals surface area contributed by atoms with E-state index in [1.165, 1.54) is 17.9 Å². The first-order valence-corrected chi connectivity index (χ1v) is 10.7. The zero-order valence-electron chi connectivity index (χ0n) is 17.6. The number of piperazine rings is 1. The standard InChI is InChI=1S/C22H29FN4O3/c1-15-5-3-4-8-22(15)20(29)27(21(30)24-22)14-25-9-11-26(12-10-25)19-7-6-17(16(2)28)13-18(19)23/h6-7,13,15H,3-5,8-12,14H2,1-2H3,(H,24,30). The van der Waals surface area contributed by atoms with Crippen LogP contribution in [0.15, 0.2) is 18.2 Å². The molecule has 0 aromatic heterocycles. The van der Waals surface area contributed by atoms with Crippen molar-refractivity contribution in [2.75, 3.05) is 37.7 Å². The van der Waals surface area contributed by atoms with Crippen molar-refractivity contribution in [2.24, 2.45) is 5.92 Å². The predicted octanol–water partition coefficient (Wildman–Crippen LogP) is 2.61. The molecule has 2 saturated heterocycles. The van der Waals surface area contributed by atoms with E-state index in [-0.39, 0.29) is 30.3 Å². The van der Waals surface area contributed by atoms with E-state index in [1.54, 1.807) is 12.1 Å². The van der Waals surface area contributed by atoms with Gasteiger partial charge in [0.2, 0.25) is 0 Å².